The zero-order chi connectivity index (χ0) is 14.5. The number of likely N-dealkylation sites (tertiary alicyclic amines) is 1. The standard InChI is InChI=1S/C14H16F2N2O2/c15-11-2-1-3-12(16)14(11)17-13(20)8-18-6-4-10(9-19)5-7-18/h1-3,9-10H,4-8H2,(H,17,20). The number of nitrogens with one attached hydrogen (secondary N) is 1. The molecule has 1 aromatic rings. The molecule has 0 unspecified atom stereocenters. The first-order chi connectivity index (χ1) is 9.60. The molecule has 0 radical (unpaired) electrons. The molecule has 0 atom stereocenters. The molecule has 0 saturated carbocycles. The molecule has 1 aromatic carbocycles. The van der Waals surface area contributed by atoms with E-state index in [9.17, 15) is 18.4 Å². The van der Waals surface area contributed by atoms with Crippen LogP contribution in [0.2, 0.25) is 0 Å². The molecule has 0 bridgehead atoms. The van der Waals surface area contributed by atoms with Crippen molar-refractivity contribution in [1.82, 2.24) is 4.90 Å². The lowest BCUT2D eigenvalue weighted by atomic mass is 9.99. The molecule has 0 spiro atoms. The van der Waals surface area contributed by atoms with Crippen LogP contribution in [0.4, 0.5) is 14.5 Å². The molecule has 1 heterocycles. The van der Waals surface area contributed by atoms with Gasteiger partial charge in [-0.3, -0.25) is 9.69 Å². The van der Waals surface area contributed by atoms with E-state index in [4.69, 9.17) is 0 Å². The highest BCUT2D eigenvalue weighted by atomic mass is 19.1. The zero-order valence-electron chi connectivity index (χ0n) is 10.9. The normalized spacial score (nSPS) is 16.9. The van der Waals surface area contributed by atoms with Crippen molar-refractivity contribution in [2.75, 3.05) is 25.0 Å². The van der Waals surface area contributed by atoms with Crippen molar-refractivity contribution in [3.05, 3.63) is 29.8 Å². The minimum absolute atomic E-state index is 0.0540. The van der Waals surface area contributed by atoms with Gasteiger partial charge in [0.05, 0.1) is 6.54 Å². The molecule has 6 heteroatoms. The Bertz CT molecular complexity index is 480. The van der Waals surface area contributed by atoms with Crippen LogP contribution >= 0.6 is 0 Å². The molecular formula is C14H16F2N2O2. The Hall–Kier alpha value is -1.82. The first kappa shape index (κ1) is 14.6. The monoisotopic (exact) mass is 282 g/mol. The maximum Gasteiger partial charge on any atom is 0.238 e. The van der Waals surface area contributed by atoms with Crippen molar-refractivity contribution >= 4 is 17.9 Å². The number of piperidine rings is 1. The number of carbonyl (C=O) groups is 2. The predicted molar refractivity (Wildman–Crippen MR) is 70.2 cm³/mol. The molecule has 2 rings (SSSR count). The fourth-order valence-electron chi connectivity index (χ4n) is 2.25. The summed E-state index contributed by atoms with van der Waals surface area (Å²) in [5, 5.41) is 2.25. The Morgan fingerprint density at radius 2 is 1.90 bits per heavy atom. The van der Waals surface area contributed by atoms with Crippen molar-refractivity contribution in [1.29, 1.82) is 0 Å². The maximum atomic E-state index is 13.4. The number of amides is 1. The van der Waals surface area contributed by atoms with E-state index in [1.807, 2.05) is 4.90 Å². The predicted octanol–water partition coefficient (Wildman–Crippen LogP) is 1.81. The lowest BCUT2D eigenvalue weighted by Gasteiger charge is -2.28. The van der Waals surface area contributed by atoms with Gasteiger partial charge in [-0.25, -0.2) is 8.78 Å². The minimum atomic E-state index is -0.794. The number of rotatable bonds is 4. The summed E-state index contributed by atoms with van der Waals surface area (Å²) in [5.74, 6) is -1.99. The van der Waals surface area contributed by atoms with Crippen LogP contribution < -0.4 is 5.32 Å². The van der Waals surface area contributed by atoms with Gasteiger partial charge in [0.1, 0.15) is 23.6 Å². The summed E-state index contributed by atoms with van der Waals surface area (Å²) >= 11 is 0. The third-order valence-electron chi connectivity index (χ3n) is 3.42. The first-order valence-corrected chi connectivity index (χ1v) is 6.51. The highest BCUT2D eigenvalue weighted by Crippen LogP contribution is 2.18. The van der Waals surface area contributed by atoms with E-state index in [0.717, 1.165) is 18.4 Å². The van der Waals surface area contributed by atoms with Crippen LogP contribution in [-0.2, 0) is 9.59 Å². The number of hydrogen-bond acceptors (Lipinski definition) is 3. The zero-order valence-corrected chi connectivity index (χ0v) is 10.9. The van der Waals surface area contributed by atoms with Crippen LogP contribution in [0.1, 0.15) is 12.8 Å². The van der Waals surface area contributed by atoms with Crippen molar-refractivity contribution in [3.8, 4) is 0 Å². The minimum Gasteiger partial charge on any atom is -0.320 e. The maximum absolute atomic E-state index is 13.4. The van der Waals surface area contributed by atoms with Crippen molar-refractivity contribution in [3.63, 3.8) is 0 Å². The topological polar surface area (TPSA) is 49.4 Å². The number of benzene rings is 1. The Kier molecular flexibility index (Phi) is 4.79. The van der Waals surface area contributed by atoms with E-state index in [1.165, 1.54) is 6.07 Å². The SMILES string of the molecule is O=CC1CCN(CC(=O)Nc2c(F)cccc2F)CC1. The van der Waals surface area contributed by atoms with E-state index in [1.54, 1.807) is 0 Å². The molecule has 1 fully saturated rings. The smallest absolute Gasteiger partial charge is 0.238 e. The van der Waals surface area contributed by atoms with Crippen LogP contribution in [0.5, 0.6) is 0 Å². The lowest BCUT2D eigenvalue weighted by molar-refractivity contribution is -0.117. The number of para-hydroxylation sites is 1. The van der Waals surface area contributed by atoms with Gasteiger partial charge in [0, 0.05) is 5.92 Å². The molecule has 0 aromatic heterocycles. The second-order valence-electron chi connectivity index (χ2n) is 4.89. The number of carbonyl (C=O) groups excluding carboxylic acids is 2. The van der Waals surface area contributed by atoms with Gasteiger partial charge in [-0.05, 0) is 38.1 Å². The fourth-order valence-corrected chi connectivity index (χ4v) is 2.25. The number of halogens is 2. The van der Waals surface area contributed by atoms with Gasteiger partial charge >= 0.3 is 0 Å². The molecule has 4 nitrogen and oxygen atoms in total. The van der Waals surface area contributed by atoms with Crippen molar-refractivity contribution in [2.45, 2.75) is 12.8 Å². The van der Waals surface area contributed by atoms with Crippen molar-refractivity contribution < 1.29 is 18.4 Å². The van der Waals surface area contributed by atoms with Crippen molar-refractivity contribution in [2.24, 2.45) is 5.92 Å². The fraction of sp³-hybridized carbons (Fsp3) is 0.429. The van der Waals surface area contributed by atoms with Crippen LogP contribution in [-0.4, -0.2) is 36.7 Å². The number of hydrogen-bond donors (Lipinski definition) is 1. The van der Waals surface area contributed by atoms with Crippen LogP contribution in [0.25, 0.3) is 0 Å². The largest absolute Gasteiger partial charge is 0.320 e. The Morgan fingerprint density at radius 3 is 2.45 bits per heavy atom. The lowest BCUT2D eigenvalue weighted by Crippen LogP contribution is -2.39. The van der Waals surface area contributed by atoms with Gasteiger partial charge in [0.15, 0.2) is 0 Å². The third-order valence-corrected chi connectivity index (χ3v) is 3.42. The highest BCUT2D eigenvalue weighted by molar-refractivity contribution is 5.92. The molecular weight excluding hydrogens is 266 g/mol. The Labute approximate surface area is 115 Å². The molecule has 1 saturated heterocycles. The molecule has 108 valence electrons. The highest BCUT2D eigenvalue weighted by Gasteiger charge is 2.21. The second-order valence-corrected chi connectivity index (χ2v) is 4.89. The van der Waals surface area contributed by atoms with E-state index in [2.05, 4.69) is 5.32 Å². The second kappa shape index (κ2) is 6.56. The quantitative estimate of drug-likeness (QED) is 0.857. The Balaban J connectivity index is 1.88. The summed E-state index contributed by atoms with van der Waals surface area (Å²) in [4.78, 5) is 24.3. The van der Waals surface area contributed by atoms with Crippen LogP contribution in [0.15, 0.2) is 18.2 Å². The van der Waals surface area contributed by atoms with Gasteiger partial charge in [-0.15, -0.1) is 0 Å². The van der Waals surface area contributed by atoms with Gasteiger partial charge < -0.3 is 10.1 Å². The summed E-state index contributed by atoms with van der Waals surface area (Å²) in [5.41, 5.74) is -0.416. The van der Waals surface area contributed by atoms with Crippen LogP contribution in [0, 0.1) is 17.6 Å². The van der Waals surface area contributed by atoms with E-state index in [0.29, 0.717) is 25.9 Å². The van der Waals surface area contributed by atoms with Gasteiger partial charge in [-0.1, -0.05) is 6.07 Å². The number of anilines is 1. The summed E-state index contributed by atoms with van der Waals surface area (Å²) in [6, 6.07) is 3.42. The molecule has 1 aliphatic rings. The summed E-state index contributed by atoms with van der Waals surface area (Å²) < 4.78 is 26.8. The number of nitrogens with zero attached hydrogens (tertiary/aromatic N) is 1. The van der Waals surface area contributed by atoms with Crippen LogP contribution in [0.3, 0.4) is 0 Å². The molecule has 20 heavy (non-hydrogen) atoms. The summed E-state index contributed by atoms with van der Waals surface area (Å²) in [6.07, 6.45) is 2.36. The number of aldehydes is 1. The third kappa shape index (κ3) is 3.60. The van der Waals surface area contributed by atoms with E-state index < -0.39 is 23.2 Å². The van der Waals surface area contributed by atoms with Gasteiger partial charge in [0.2, 0.25) is 5.91 Å². The average molecular weight is 282 g/mol. The van der Waals surface area contributed by atoms with E-state index >= 15 is 0 Å². The molecule has 1 amide bonds. The first-order valence-electron chi connectivity index (χ1n) is 6.51. The molecule has 0 aliphatic carbocycles. The van der Waals surface area contributed by atoms with Gasteiger partial charge in [-0.2, -0.15) is 0 Å². The van der Waals surface area contributed by atoms with Gasteiger partial charge in [0.25, 0.3) is 0 Å². The Morgan fingerprint density at radius 1 is 1.30 bits per heavy atom. The molecule has 1 aliphatic heterocycles. The molecule has 1 N–H and O–H groups in total. The van der Waals surface area contributed by atoms with E-state index in [-0.39, 0.29) is 12.5 Å². The summed E-state index contributed by atoms with van der Waals surface area (Å²) in [7, 11) is 0. The average Bonchev–Trinajstić information content (AvgIpc) is 2.44. The summed E-state index contributed by atoms with van der Waals surface area (Å²) in [6.45, 7) is 1.34.